The van der Waals surface area contributed by atoms with Crippen molar-refractivity contribution in [3.63, 3.8) is 0 Å². The third kappa shape index (κ3) is 1.22. The van der Waals surface area contributed by atoms with Crippen LogP contribution in [0.1, 0.15) is 5.69 Å². The van der Waals surface area contributed by atoms with Crippen LogP contribution < -0.4 is 0 Å². The summed E-state index contributed by atoms with van der Waals surface area (Å²) in [5.41, 5.74) is 1.97. The summed E-state index contributed by atoms with van der Waals surface area (Å²) >= 11 is 0. The highest BCUT2D eigenvalue weighted by molar-refractivity contribution is 5.49. The van der Waals surface area contributed by atoms with Crippen LogP contribution >= 0.6 is 0 Å². The van der Waals surface area contributed by atoms with Gasteiger partial charge in [0, 0.05) is 14.1 Å². The summed E-state index contributed by atoms with van der Waals surface area (Å²) in [7, 11) is 3.81. The van der Waals surface area contributed by atoms with Crippen molar-refractivity contribution in [1.29, 1.82) is 0 Å². The van der Waals surface area contributed by atoms with E-state index in [1.54, 1.807) is 11.0 Å². The molecule has 0 spiro atoms. The predicted octanol–water partition coefficient (Wildman–Crippen LogP) is 0.524. The number of rotatable bonds is 1. The van der Waals surface area contributed by atoms with E-state index in [4.69, 9.17) is 0 Å². The summed E-state index contributed by atoms with van der Waals surface area (Å²) in [6.07, 6.45) is 1.68. The smallest absolute Gasteiger partial charge is 0.181 e. The van der Waals surface area contributed by atoms with Gasteiger partial charge in [-0.3, -0.25) is 4.68 Å². The zero-order chi connectivity index (χ0) is 9.42. The molecule has 0 unspecified atom stereocenters. The fourth-order valence-electron chi connectivity index (χ4n) is 1.33. The molecule has 0 fully saturated rings. The van der Waals surface area contributed by atoms with E-state index in [1.165, 1.54) is 0 Å². The summed E-state index contributed by atoms with van der Waals surface area (Å²) in [4.78, 5) is 0. The Kier molecular flexibility index (Phi) is 1.65. The molecule has 0 atom stereocenters. The molecule has 0 N–H and O–H groups in total. The molecule has 0 aliphatic heterocycles. The molecule has 2 heterocycles. The maximum absolute atomic E-state index is 4.24. The first kappa shape index (κ1) is 7.97. The Labute approximate surface area is 76.0 Å². The first-order valence-corrected chi connectivity index (χ1v) is 4.03. The minimum Gasteiger partial charge on any atom is -0.315 e. The van der Waals surface area contributed by atoms with Crippen molar-refractivity contribution < 1.29 is 0 Å². The van der Waals surface area contributed by atoms with Crippen LogP contribution in [-0.2, 0) is 14.1 Å². The summed E-state index contributed by atoms with van der Waals surface area (Å²) in [5, 5.41) is 12.1. The molecule has 13 heavy (non-hydrogen) atoms. The standard InChI is InChI=1S/C8H11N5/c1-6-4-7(13(3)11-6)8-10-9-5-12(8)2/h4-5H,1-3H3. The number of nitrogens with zero attached hydrogens (tertiary/aromatic N) is 5. The lowest BCUT2D eigenvalue weighted by atomic mass is 10.3. The normalized spacial score (nSPS) is 10.7. The van der Waals surface area contributed by atoms with Crippen LogP contribution in [0, 0.1) is 6.92 Å². The van der Waals surface area contributed by atoms with Crippen LogP contribution in [-0.4, -0.2) is 24.5 Å². The van der Waals surface area contributed by atoms with Crippen LogP contribution in [0.5, 0.6) is 0 Å². The Balaban J connectivity index is 2.58. The van der Waals surface area contributed by atoms with Crippen molar-refractivity contribution in [1.82, 2.24) is 24.5 Å². The predicted molar refractivity (Wildman–Crippen MR) is 47.9 cm³/mol. The van der Waals surface area contributed by atoms with Crippen LogP contribution in [0.25, 0.3) is 11.5 Å². The minimum absolute atomic E-state index is 0.836. The van der Waals surface area contributed by atoms with E-state index in [0.29, 0.717) is 0 Å². The largest absolute Gasteiger partial charge is 0.315 e. The molecular weight excluding hydrogens is 166 g/mol. The highest BCUT2D eigenvalue weighted by Crippen LogP contribution is 2.15. The fraction of sp³-hybridized carbons (Fsp3) is 0.375. The highest BCUT2D eigenvalue weighted by atomic mass is 15.3. The van der Waals surface area contributed by atoms with Crippen LogP contribution in [0.2, 0.25) is 0 Å². The Morgan fingerprint density at radius 3 is 2.54 bits per heavy atom. The molecule has 0 saturated carbocycles. The van der Waals surface area contributed by atoms with Gasteiger partial charge in [-0.25, -0.2) is 0 Å². The summed E-state index contributed by atoms with van der Waals surface area (Å²) in [6, 6.07) is 1.99. The van der Waals surface area contributed by atoms with Gasteiger partial charge in [0.1, 0.15) is 12.0 Å². The van der Waals surface area contributed by atoms with E-state index in [-0.39, 0.29) is 0 Å². The third-order valence-electron chi connectivity index (χ3n) is 1.94. The van der Waals surface area contributed by atoms with Gasteiger partial charge in [0.25, 0.3) is 0 Å². The Bertz CT molecular complexity index is 425. The van der Waals surface area contributed by atoms with Gasteiger partial charge >= 0.3 is 0 Å². The minimum atomic E-state index is 0.836. The average Bonchev–Trinajstić information content (AvgIpc) is 2.58. The number of hydrogen-bond donors (Lipinski definition) is 0. The molecule has 0 aromatic carbocycles. The van der Waals surface area contributed by atoms with E-state index in [0.717, 1.165) is 17.2 Å². The summed E-state index contributed by atoms with van der Waals surface area (Å²) < 4.78 is 3.68. The van der Waals surface area contributed by atoms with E-state index >= 15 is 0 Å². The first-order valence-electron chi connectivity index (χ1n) is 4.03. The number of aryl methyl sites for hydroxylation is 3. The van der Waals surface area contributed by atoms with Crippen LogP contribution in [0.4, 0.5) is 0 Å². The fourth-order valence-corrected chi connectivity index (χ4v) is 1.33. The van der Waals surface area contributed by atoms with Gasteiger partial charge in [0.2, 0.25) is 0 Å². The molecule has 5 heteroatoms. The topological polar surface area (TPSA) is 48.5 Å². The van der Waals surface area contributed by atoms with Gasteiger partial charge in [-0.05, 0) is 13.0 Å². The van der Waals surface area contributed by atoms with E-state index in [2.05, 4.69) is 15.3 Å². The second-order valence-electron chi connectivity index (χ2n) is 3.06. The van der Waals surface area contributed by atoms with Crippen molar-refractivity contribution in [2.75, 3.05) is 0 Å². The lowest BCUT2D eigenvalue weighted by Gasteiger charge is -1.98. The van der Waals surface area contributed by atoms with E-state index in [9.17, 15) is 0 Å². The Morgan fingerprint density at radius 1 is 1.31 bits per heavy atom. The molecule has 0 bridgehead atoms. The molecule has 0 amide bonds. The van der Waals surface area contributed by atoms with E-state index in [1.807, 2.05) is 31.7 Å². The zero-order valence-electron chi connectivity index (χ0n) is 7.89. The second kappa shape index (κ2) is 2.69. The van der Waals surface area contributed by atoms with Crippen molar-refractivity contribution in [2.45, 2.75) is 6.92 Å². The van der Waals surface area contributed by atoms with Crippen molar-refractivity contribution in [2.24, 2.45) is 14.1 Å². The van der Waals surface area contributed by atoms with Gasteiger partial charge in [0.05, 0.1) is 5.69 Å². The van der Waals surface area contributed by atoms with Gasteiger partial charge in [-0.2, -0.15) is 5.10 Å². The van der Waals surface area contributed by atoms with Crippen molar-refractivity contribution in [3.05, 3.63) is 18.1 Å². The van der Waals surface area contributed by atoms with Gasteiger partial charge in [-0.15, -0.1) is 10.2 Å². The maximum Gasteiger partial charge on any atom is 0.181 e. The number of aromatic nitrogens is 5. The van der Waals surface area contributed by atoms with Crippen molar-refractivity contribution >= 4 is 0 Å². The summed E-state index contributed by atoms with van der Waals surface area (Å²) in [6.45, 7) is 1.96. The number of hydrogen-bond acceptors (Lipinski definition) is 3. The van der Waals surface area contributed by atoms with Crippen LogP contribution in [0.15, 0.2) is 12.4 Å². The quantitative estimate of drug-likeness (QED) is 0.638. The molecule has 0 aliphatic carbocycles. The molecular formula is C8H11N5. The Hall–Kier alpha value is -1.65. The zero-order valence-corrected chi connectivity index (χ0v) is 7.89. The molecule has 0 radical (unpaired) electrons. The van der Waals surface area contributed by atoms with Gasteiger partial charge in [-0.1, -0.05) is 0 Å². The maximum atomic E-state index is 4.24. The molecule has 2 aromatic heterocycles. The second-order valence-corrected chi connectivity index (χ2v) is 3.06. The monoisotopic (exact) mass is 177 g/mol. The van der Waals surface area contributed by atoms with Crippen LogP contribution in [0.3, 0.4) is 0 Å². The van der Waals surface area contributed by atoms with E-state index < -0.39 is 0 Å². The molecule has 2 aromatic rings. The first-order chi connectivity index (χ1) is 6.18. The third-order valence-corrected chi connectivity index (χ3v) is 1.94. The Morgan fingerprint density at radius 2 is 2.08 bits per heavy atom. The SMILES string of the molecule is Cc1cc(-c2nncn2C)n(C)n1. The lowest BCUT2D eigenvalue weighted by Crippen LogP contribution is -1.98. The molecule has 0 aliphatic rings. The lowest BCUT2D eigenvalue weighted by molar-refractivity contribution is 0.752. The van der Waals surface area contributed by atoms with Gasteiger partial charge in [0.15, 0.2) is 5.82 Å². The van der Waals surface area contributed by atoms with Gasteiger partial charge < -0.3 is 4.57 Å². The molecule has 68 valence electrons. The summed E-state index contributed by atoms with van der Waals surface area (Å²) in [5.74, 6) is 0.836. The molecule has 2 rings (SSSR count). The highest BCUT2D eigenvalue weighted by Gasteiger charge is 2.09. The molecule has 0 saturated heterocycles. The average molecular weight is 177 g/mol. The molecule has 5 nitrogen and oxygen atoms in total. The van der Waals surface area contributed by atoms with Crippen molar-refractivity contribution in [3.8, 4) is 11.5 Å².